The normalized spacial score (nSPS) is 23.1. The number of nitro groups is 1. The third-order valence-electron chi connectivity index (χ3n) is 3.80. The van der Waals surface area contributed by atoms with Crippen LogP contribution in [-0.4, -0.2) is 24.1 Å². The molecule has 19 heavy (non-hydrogen) atoms. The van der Waals surface area contributed by atoms with Crippen molar-refractivity contribution in [1.29, 1.82) is 0 Å². The Hall–Kier alpha value is -1.69. The van der Waals surface area contributed by atoms with E-state index in [1.54, 1.807) is 0 Å². The van der Waals surface area contributed by atoms with Crippen LogP contribution in [-0.2, 0) is 0 Å². The number of hydrogen-bond donors (Lipinski definition) is 1. The second-order valence-corrected chi connectivity index (χ2v) is 5.07. The highest BCUT2D eigenvalue weighted by Crippen LogP contribution is 2.32. The minimum Gasteiger partial charge on any atom is -0.366 e. The number of nitrogens with two attached hydrogens (primary N) is 1. The van der Waals surface area contributed by atoms with Gasteiger partial charge in [0.05, 0.1) is 11.0 Å². The van der Waals surface area contributed by atoms with Gasteiger partial charge in [0.1, 0.15) is 11.5 Å². The summed E-state index contributed by atoms with van der Waals surface area (Å²) < 4.78 is 13.1. The van der Waals surface area contributed by atoms with E-state index in [4.69, 9.17) is 5.73 Å². The number of anilines is 1. The van der Waals surface area contributed by atoms with Crippen LogP contribution in [0, 0.1) is 15.9 Å². The van der Waals surface area contributed by atoms with E-state index in [-0.39, 0.29) is 17.8 Å². The largest absolute Gasteiger partial charge is 0.366 e. The monoisotopic (exact) mass is 267 g/mol. The van der Waals surface area contributed by atoms with Crippen LogP contribution in [0.1, 0.15) is 25.7 Å². The summed E-state index contributed by atoms with van der Waals surface area (Å²) >= 11 is 0. The highest BCUT2D eigenvalue weighted by molar-refractivity contribution is 5.63. The van der Waals surface area contributed by atoms with Gasteiger partial charge in [0.2, 0.25) is 0 Å². The van der Waals surface area contributed by atoms with Gasteiger partial charge in [-0.1, -0.05) is 0 Å². The molecular formula is C13H18FN3O2. The van der Waals surface area contributed by atoms with E-state index in [1.807, 2.05) is 11.9 Å². The van der Waals surface area contributed by atoms with Crippen LogP contribution in [0.15, 0.2) is 18.2 Å². The molecule has 0 aromatic heterocycles. The fourth-order valence-electron chi connectivity index (χ4n) is 2.63. The Morgan fingerprint density at radius 3 is 2.58 bits per heavy atom. The summed E-state index contributed by atoms with van der Waals surface area (Å²) in [4.78, 5) is 12.3. The maximum absolute atomic E-state index is 13.1. The standard InChI is InChI=1S/C13H18FN3O2/c1-16(11-5-3-10(15)4-6-11)12-7-2-9(14)8-13(12)17(18)19/h2,7-8,10-11H,3-6,15H2,1H3. The summed E-state index contributed by atoms with van der Waals surface area (Å²) in [6.45, 7) is 0. The molecule has 1 aliphatic carbocycles. The predicted molar refractivity (Wildman–Crippen MR) is 71.7 cm³/mol. The van der Waals surface area contributed by atoms with Gasteiger partial charge >= 0.3 is 0 Å². The second-order valence-electron chi connectivity index (χ2n) is 5.07. The number of hydrogen-bond acceptors (Lipinski definition) is 4. The summed E-state index contributed by atoms with van der Waals surface area (Å²) in [6.07, 6.45) is 3.66. The van der Waals surface area contributed by atoms with E-state index in [1.165, 1.54) is 12.1 Å². The Morgan fingerprint density at radius 2 is 2.00 bits per heavy atom. The van der Waals surface area contributed by atoms with Crippen LogP contribution < -0.4 is 10.6 Å². The van der Waals surface area contributed by atoms with E-state index in [2.05, 4.69) is 0 Å². The summed E-state index contributed by atoms with van der Waals surface area (Å²) in [6, 6.07) is 4.16. The molecular weight excluding hydrogens is 249 g/mol. The van der Waals surface area contributed by atoms with Crippen molar-refractivity contribution in [2.45, 2.75) is 37.8 Å². The number of halogens is 1. The van der Waals surface area contributed by atoms with Crippen molar-refractivity contribution in [2.24, 2.45) is 5.73 Å². The average Bonchev–Trinajstić information content (AvgIpc) is 2.38. The lowest BCUT2D eigenvalue weighted by atomic mass is 9.90. The minimum atomic E-state index is -0.588. The first-order valence-electron chi connectivity index (χ1n) is 6.41. The summed E-state index contributed by atoms with van der Waals surface area (Å²) in [5.74, 6) is -0.588. The first kappa shape index (κ1) is 13.7. The van der Waals surface area contributed by atoms with Gasteiger partial charge in [-0.05, 0) is 37.8 Å². The van der Waals surface area contributed by atoms with Crippen LogP contribution in [0.3, 0.4) is 0 Å². The van der Waals surface area contributed by atoms with Gasteiger partial charge in [-0.25, -0.2) is 4.39 Å². The van der Waals surface area contributed by atoms with Crippen molar-refractivity contribution in [3.05, 3.63) is 34.1 Å². The first-order valence-corrected chi connectivity index (χ1v) is 6.41. The lowest BCUT2D eigenvalue weighted by Gasteiger charge is -2.34. The Balaban J connectivity index is 2.23. The SMILES string of the molecule is CN(c1ccc(F)cc1[N+](=O)[O-])C1CCC(N)CC1. The van der Waals surface area contributed by atoms with E-state index < -0.39 is 10.7 Å². The summed E-state index contributed by atoms with van der Waals surface area (Å²) in [5.41, 5.74) is 6.14. The van der Waals surface area contributed by atoms with Gasteiger partial charge in [-0.2, -0.15) is 0 Å². The van der Waals surface area contributed by atoms with Crippen LogP contribution in [0.4, 0.5) is 15.8 Å². The van der Waals surface area contributed by atoms with E-state index in [0.29, 0.717) is 5.69 Å². The molecule has 1 aliphatic rings. The molecule has 104 valence electrons. The molecule has 0 bridgehead atoms. The molecule has 0 spiro atoms. The molecule has 6 heteroatoms. The van der Waals surface area contributed by atoms with Crippen molar-refractivity contribution in [2.75, 3.05) is 11.9 Å². The average molecular weight is 267 g/mol. The first-order chi connectivity index (χ1) is 8.99. The highest BCUT2D eigenvalue weighted by atomic mass is 19.1. The third kappa shape index (κ3) is 3.01. The molecule has 0 atom stereocenters. The molecule has 0 saturated heterocycles. The van der Waals surface area contributed by atoms with Gasteiger partial charge in [-0.3, -0.25) is 10.1 Å². The highest BCUT2D eigenvalue weighted by Gasteiger charge is 2.26. The zero-order valence-electron chi connectivity index (χ0n) is 10.9. The Morgan fingerprint density at radius 1 is 1.37 bits per heavy atom. The number of nitrogens with zero attached hydrogens (tertiary/aromatic N) is 2. The topological polar surface area (TPSA) is 72.4 Å². The molecule has 5 nitrogen and oxygen atoms in total. The molecule has 0 radical (unpaired) electrons. The van der Waals surface area contributed by atoms with Crippen LogP contribution in [0.2, 0.25) is 0 Å². The fraction of sp³-hybridized carbons (Fsp3) is 0.538. The van der Waals surface area contributed by atoms with E-state index in [9.17, 15) is 14.5 Å². The molecule has 0 heterocycles. The van der Waals surface area contributed by atoms with Gasteiger partial charge in [-0.15, -0.1) is 0 Å². The summed E-state index contributed by atoms with van der Waals surface area (Å²) in [7, 11) is 1.82. The second kappa shape index (κ2) is 5.52. The smallest absolute Gasteiger partial charge is 0.295 e. The third-order valence-corrected chi connectivity index (χ3v) is 3.80. The number of benzene rings is 1. The van der Waals surface area contributed by atoms with Crippen molar-refractivity contribution in [3.8, 4) is 0 Å². The van der Waals surface area contributed by atoms with Crippen molar-refractivity contribution in [3.63, 3.8) is 0 Å². The zero-order chi connectivity index (χ0) is 14.0. The maximum Gasteiger partial charge on any atom is 0.295 e. The lowest BCUT2D eigenvalue weighted by molar-refractivity contribution is -0.384. The number of nitro benzene ring substituents is 1. The quantitative estimate of drug-likeness (QED) is 0.674. The van der Waals surface area contributed by atoms with E-state index >= 15 is 0 Å². The van der Waals surface area contributed by atoms with Gasteiger partial charge in [0, 0.05) is 19.1 Å². The minimum absolute atomic E-state index is 0.183. The molecule has 2 rings (SSSR count). The molecule has 2 N–H and O–H groups in total. The van der Waals surface area contributed by atoms with Gasteiger partial charge in [0.15, 0.2) is 0 Å². The number of rotatable bonds is 3. The molecule has 0 unspecified atom stereocenters. The van der Waals surface area contributed by atoms with Crippen molar-refractivity contribution >= 4 is 11.4 Å². The Labute approximate surface area is 111 Å². The fourth-order valence-corrected chi connectivity index (χ4v) is 2.63. The van der Waals surface area contributed by atoms with Crippen LogP contribution in [0.5, 0.6) is 0 Å². The zero-order valence-corrected chi connectivity index (χ0v) is 10.9. The lowest BCUT2D eigenvalue weighted by Crippen LogP contribution is -2.39. The Bertz CT molecular complexity index is 473. The predicted octanol–water partition coefficient (Wildman–Crippen LogP) is 2.44. The molecule has 0 amide bonds. The molecule has 1 aromatic carbocycles. The Kier molecular flexibility index (Phi) is 3.99. The van der Waals surface area contributed by atoms with Crippen LogP contribution in [0.25, 0.3) is 0 Å². The molecule has 0 aliphatic heterocycles. The van der Waals surface area contributed by atoms with Gasteiger partial charge in [0.25, 0.3) is 5.69 Å². The maximum atomic E-state index is 13.1. The summed E-state index contributed by atoms with van der Waals surface area (Å²) in [5, 5.41) is 11.0. The molecule has 1 saturated carbocycles. The van der Waals surface area contributed by atoms with Crippen molar-refractivity contribution in [1.82, 2.24) is 0 Å². The van der Waals surface area contributed by atoms with Crippen molar-refractivity contribution < 1.29 is 9.31 Å². The molecule has 1 fully saturated rings. The van der Waals surface area contributed by atoms with E-state index in [0.717, 1.165) is 31.7 Å². The van der Waals surface area contributed by atoms with Gasteiger partial charge < -0.3 is 10.6 Å². The van der Waals surface area contributed by atoms with Crippen LogP contribution >= 0.6 is 0 Å². The molecule has 1 aromatic rings.